The predicted molar refractivity (Wildman–Crippen MR) is 77.6 cm³/mol. The van der Waals surface area contributed by atoms with Gasteiger partial charge in [0.05, 0.1) is 5.69 Å². The minimum Gasteiger partial charge on any atom is -0.477 e. The van der Waals surface area contributed by atoms with Crippen molar-refractivity contribution < 1.29 is 9.90 Å². The van der Waals surface area contributed by atoms with E-state index in [0.29, 0.717) is 0 Å². The third kappa shape index (κ3) is 4.21. The summed E-state index contributed by atoms with van der Waals surface area (Å²) < 4.78 is 0. The Morgan fingerprint density at radius 3 is 3.16 bits per heavy atom. The van der Waals surface area contributed by atoms with Gasteiger partial charge in [0, 0.05) is 13.1 Å². The van der Waals surface area contributed by atoms with E-state index in [2.05, 4.69) is 16.1 Å². The Bertz CT molecular complexity index is 437. The second kappa shape index (κ2) is 6.91. The molecule has 1 saturated heterocycles. The van der Waals surface area contributed by atoms with E-state index < -0.39 is 5.97 Å². The van der Waals surface area contributed by atoms with Gasteiger partial charge in [0.2, 0.25) is 0 Å². The third-order valence-corrected chi connectivity index (χ3v) is 4.22. The largest absolute Gasteiger partial charge is 0.477 e. The summed E-state index contributed by atoms with van der Waals surface area (Å²) in [6.45, 7) is 2.94. The van der Waals surface area contributed by atoms with Gasteiger partial charge in [0.15, 0.2) is 0 Å². The molecule has 1 atom stereocenters. The lowest BCUT2D eigenvalue weighted by Crippen LogP contribution is -2.36. The zero-order chi connectivity index (χ0) is 13.7. The zero-order valence-electron chi connectivity index (χ0n) is 11.2. The summed E-state index contributed by atoms with van der Waals surface area (Å²) in [6.07, 6.45) is 4.68. The number of likely N-dealkylation sites (tertiary alicyclic amines) is 1. The summed E-state index contributed by atoms with van der Waals surface area (Å²) >= 11 is 1.90. The molecule has 0 aromatic carbocycles. The first-order valence-electron chi connectivity index (χ1n) is 6.59. The molecule has 1 aromatic heterocycles. The molecule has 104 valence electrons. The molecule has 1 fully saturated rings. The van der Waals surface area contributed by atoms with Crippen LogP contribution in [-0.2, 0) is 6.54 Å². The fourth-order valence-electron chi connectivity index (χ4n) is 2.58. The zero-order valence-corrected chi connectivity index (χ0v) is 12.0. The monoisotopic (exact) mass is 280 g/mol. The van der Waals surface area contributed by atoms with Crippen LogP contribution in [0.4, 0.5) is 0 Å². The molecule has 0 saturated carbocycles. The highest BCUT2D eigenvalue weighted by Gasteiger charge is 2.20. The number of aromatic nitrogens is 1. The van der Waals surface area contributed by atoms with Crippen molar-refractivity contribution in [2.75, 3.05) is 25.1 Å². The summed E-state index contributed by atoms with van der Waals surface area (Å²) in [6, 6.07) is 5.22. The van der Waals surface area contributed by atoms with Gasteiger partial charge in [0.25, 0.3) is 0 Å². The molecular formula is C14H20N2O2S. The Morgan fingerprint density at radius 1 is 1.58 bits per heavy atom. The molecular weight excluding hydrogens is 260 g/mol. The fraction of sp³-hybridized carbons (Fsp3) is 0.571. The quantitative estimate of drug-likeness (QED) is 0.897. The van der Waals surface area contributed by atoms with Crippen molar-refractivity contribution in [2.24, 2.45) is 5.92 Å². The van der Waals surface area contributed by atoms with E-state index in [1.165, 1.54) is 18.6 Å². The number of carbonyl (C=O) groups is 1. The van der Waals surface area contributed by atoms with Gasteiger partial charge in [-0.2, -0.15) is 11.8 Å². The van der Waals surface area contributed by atoms with Crippen molar-refractivity contribution in [3.05, 3.63) is 29.6 Å². The molecule has 2 heterocycles. The second-order valence-corrected chi connectivity index (χ2v) is 5.93. The van der Waals surface area contributed by atoms with Crippen LogP contribution in [0, 0.1) is 5.92 Å². The van der Waals surface area contributed by atoms with E-state index in [0.717, 1.165) is 31.2 Å². The lowest BCUT2D eigenvalue weighted by atomic mass is 10.00. The van der Waals surface area contributed by atoms with Crippen LogP contribution in [0.1, 0.15) is 29.0 Å². The highest BCUT2D eigenvalue weighted by Crippen LogP contribution is 2.20. The molecule has 1 N–H and O–H groups in total. The van der Waals surface area contributed by atoms with E-state index in [1.54, 1.807) is 12.1 Å². The van der Waals surface area contributed by atoms with Gasteiger partial charge in [0.1, 0.15) is 5.69 Å². The maximum atomic E-state index is 10.9. The Morgan fingerprint density at radius 2 is 2.42 bits per heavy atom. The number of thioether (sulfide) groups is 1. The number of pyridine rings is 1. The van der Waals surface area contributed by atoms with Crippen molar-refractivity contribution in [1.29, 1.82) is 0 Å². The van der Waals surface area contributed by atoms with Crippen LogP contribution < -0.4 is 0 Å². The summed E-state index contributed by atoms with van der Waals surface area (Å²) in [7, 11) is 0. The van der Waals surface area contributed by atoms with E-state index >= 15 is 0 Å². The molecule has 0 spiro atoms. The first-order valence-corrected chi connectivity index (χ1v) is 7.99. The summed E-state index contributed by atoms with van der Waals surface area (Å²) in [4.78, 5) is 17.5. The summed E-state index contributed by atoms with van der Waals surface area (Å²) in [5.41, 5.74) is 0.986. The van der Waals surface area contributed by atoms with Crippen LogP contribution in [0.15, 0.2) is 18.2 Å². The number of carboxylic acid groups (broad SMARTS) is 1. The molecule has 4 nitrogen and oxygen atoms in total. The van der Waals surface area contributed by atoms with Gasteiger partial charge < -0.3 is 5.11 Å². The van der Waals surface area contributed by atoms with Crippen LogP contribution in [0.5, 0.6) is 0 Å². The average molecular weight is 280 g/mol. The maximum Gasteiger partial charge on any atom is 0.354 e. The van der Waals surface area contributed by atoms with Gasteiger partial charge in [-0.15, -0.1) is 0 Å². The molecule has 0 bridgehead atoms. The number of rotatable bonds is 5. The Labute approximate surface area is 118 Å². The van der Waals surface area contributed by atoms with E-state index in [9.17, 15) is 4.79 Å². The smallest absolute Gasteiger partial charge is 0.354 e. The molecule has 0 amide bonds. The van der Waals surface area contributed by atoms with Crippen LogP contribution in [0.2, 0.25) is 0 Å². The van der Waals surface area contributed by atoms with Crippen LogP contribution in [-0.4, -0.2) is 46.1 Å². The highest BCUT2D eigenvalue weighted by molar-refractivity contribution is 7.98. The van der Waals surface area contributed by atoms with Gasteiger partial charge in [-0.3, -0.25) is 4.90 Å². The van der Waals surface area contributed by atoms with Crippen LogP contribution in [0.25, 0.3) is 0 Å². The average Bonchev–Trinajstić information content (AvgIpc) is 2.40. The lowest BCUT2D eigenvalue weighted by Gasteiger charge is -2.32. The number of piperidine rings is 1. The Hall–Kier alpha value is -1.07. The second-order valence-electron chi connectivity index (χ2n) is 5.02. The molecule has 1 aromatic rings. The predicted octanol–water partition coefficient (Wildman–Crippen LogP) is 2.35. The number of nitrogens with zero attached hydrogens (tertiary/aromatic N) is 2. The first-order chi connectivity index (χ1) is 9.19. The number of hydrogen-bond acceptors (Lipinski definition) is 4. The first kappa shape index (κ1) is 14.3. The van der Waals surface area contributed by atoms with E-state index in [4.69, 9.17) is 5.11 Å². The summed E-state index contributed by atoms with van der Waals surface area (Å²) in [5.74, 6) is 1.01. The number of carboxylic acids is 1. The topological polar surface area (TPSA) is 53.4 Å². The third-order valence-electron chi connectivity index (χ3n) is 3.42. The van der Waals surface area contributed by atoms with Crippen molar-refractivity contribution in [3.63, 3.8) is 0 Å². The lowest BCUT2D eigenvalue weighted by molar-refractivity contribution is 0.0689. The summed E-state index contributed by atoms with van der Waals surface area (Å²) in [5, 5.41) is 8.95. The minimum absolute atomic E-state index is 0.134. The van der Waals surface area contributed by atoms with Gasteiger partial charge in [-0.05, 0) is 49.4 Å². The van der Waals surface area contributed by atoms with Gasteiger partial charge in [-0.1, -0.05) is 6.07 Å². The molecule has 5 heteroatoms. The van der Waals surface area contributed by atoms with E-state index in [1.807, 2.05) is 17.8 Å². The standard InChI is InChI=1S/C14H20N2O2S/c1-19-10-11-4-3-7-16(8-11)9-12-5-2-6-13(15-12)14(17)18/h2,5-6,11H,3-4,7-10H2,1H3,(H,17,18)/t11-/m0/s1. The molecule has 0 unspecified atom stereocenters. The van der Waals surface area contributed by atoms with E-state index in [-0.39, 0.29) is 5.69 Å². The number of hydrogen-bond donors (Lipinski definition) is 1. The molecule has 1 aliphatic rings. The number of aromatic carboxylic acids is 1. The molecule has 1 aliphatic heterocycles. The molecule has 0 aliphatic carbocycles. The molecule has 19 heavy (non-hydrogen) atoms. The van der Waals surface area contributed by atoms with Crippen LogP contribution in [0.3, 0.4) is 0 Å². The minimum atomic E-state index is -0.958. The molecule has 0 radical (unpaired) electrons. The maximum absolute atomic E-state index is 10.9. The van der Waals surface area contributed by atoms with Crippen molar-refractivity contribution in [3.8, 4) is 0 Å². The fourth-order valence-corrected chi connectivity index (χ4v) is 3.33. The SMILES string of the molecule is CSC[C@H]1CCCN(Cc2cccc(C(=O)O)n2)C1. The highest BCUT2D eigenvalue weighted by atomic mass is 32.2. The van der Waals surface area contributed by atoms with Crippen molar-refractivity contribution in [1.82, 2.24) is 9.88 Å². The van der Waals surface area contributed by atoms with Crippen molar-refractivity contribution >= 4 is 17.7 Å². The van der Waals surface area contributed by atoms with Gasteiger partial charge >= 0.3 is 5.97 Å². The Balaban J connectivity index is 1.96. The normalized spacial score (nSPS) is 20.4. The molecule has 2 rings (SSSR count). The Kier molecular flexibility index (Phi) is 5.22. The van der Waals surface area contributed by atoms with Crippen LogP contribution >= 0.6 is 11.8 Å². The van der Waals surface area contributed by atoms with Gasteiger partial charge in [-0.25, -0.2) is 9.78 Å². The van der Waals surface area contributed by atoms with Crippen molar-refractivity contribution in [2.45, 2.75) is 19.4 Å².